The van der Waals surface area contributed by atoms with E-state index in [0.717, 1.165) is 42.6 Å². The zero-order valence-electron chi connectivity index (χ0n) is 34.2. The van der Waals surface area contributed by atoms with E-state index in [2.05, 4.69) is 21.4 Å². The fourth-order valence-electron chi connectivity index (χ4n) is 6.53. The molecule has 4 N–H and O–H groups in total. The third-order valence-electron chi connectivity index (χ3n) is 9.67. The SMILES string of the molecule is COC(=O)NC(C(=O)NC(Cc1ccccc1)C(CN(CC1CCCCC1)NC(=O)C(NC(=O)OC)C(C)C)OC(=O)CN(C)C(=O)Oc1ccccc1)C(C)C. The molecule has 4 unspecified atom stereocenters. The second-order valence-electron chi connectivity index (χ2n) is 15.0. The lowest BCUT2D eigenvalue weighted by molar-refractivity contribution is -0.154. The van der Waals surface area contributed by atoms with E-state index < -0.39 is 66.8 Å². The van der Waals surface area contributed by atoms with Crippen molar-refractivity contribution in [3.63, 3.8) is 0 Å². The molecule has 4 atom stereocenters. The Morgan fingerprint density at radius 2 is 1.28 bits per heavy atom. The first-order valence-corrected chi connectivity index (χ1v) is 19.5. The van der Waals surface area contributed by atoms with Gasteiger partial charge < -0.3 is 34.9 Å². The van der Waals surface area contributed by atoms with Gasteiger partial charge in [-0.3, -0.25) is 24.7 Å². The number of methoxy groups -OCH3 is 2. The Labute approximate surface area is 335 Å². The van der Waals surface area contributed by atoms with Crippen LogP contribution in [0, 0.1) is 17.8 Å². The second kappa shape index (κ2) is 23.6. The van der Waals surface area contributed by atoms with Crippen LogP contribution in [0.15, 0.2) is 60.7 Å². The monoisotopic (exact) mass is 796 g/mol. The summed E-state index contributed by atoms with van der Waals surface area (Å²) in [7, 11) is 3.81. The normalized spacial score (nSPS) is 15.1. The number of ether oxygens (including phenoxy) is 4. The number of hydrazine groups is 1. The Morgan fingerprint density at radius 3 is 1.82 bits per heavy atom. The summed E-state index contributed by atoms with van der Waals surface area (Å²) in [5.41, 5.74) is 3.78. The van der Waals surface area contributed by atoms with Gasteiger partial charge in [0.25, 0.3) is 5.91 Å². The average Bonchev–Trinajstić information content (AvgIpc) is 3.18. The van der Waals surface area contributed by atoms with Crippen molar-refractivity contribution in [2.75, 3.05) is 40.9 Å². The highest BCUT2D eigenvalue weighted by Gasteiger charge is 2.35. The number of carbonyl (C=O) groups excluding carboxylic acids is 6. The number of esters is 1. The highest BCUT2D eigenvalue weighted by molar-refractivity contribution is 5.86. The second-order valence-corrected chi connectivity index (χ2v) is 15.0. The van der Waals surface area contributed by atoms with Gasteiger partial charge in [0.2, 0.25) is 5.91 Å². The van der Waals surface area contributed by atoms with E-state index in [1.165, 1.54) is 21.3 Å². The number of benzene rings is 2. The summed E-state index contributed by atoms with van der Waals surface area (Å²) in [6, 6.07) is 14.8. The summed E-state index contributed by atoms with van der Waals surface area (Å²) in [5.74, 6) is -2.05. The molecule has 0 aromatic heterocycles. The number of nitrogens with one attached hydrogen (secondary N) is 4. The molecule has 0 aliphatic heterocycles. The Bertz CT molecular complexity index is 1590. The van der Waals surface area contributed by atoms with E-state index in [1.807, 2.05) is 30.3 Å². The van der Waals surface area contributed by atoms with Crippen LogP contribution in [0.4, 0.5) is 14.4 Å². The van der Waals surface area contributed by atoms with Gasteiger partial charge in [-0.1, -0.05) is 95.5 Å². The zero-order valence-corrected chi connectivity index (χ0v) is 34.2. The number of rotatable bonds is 19. The molecular formula is C41H60N6O10. The standard InChI is InChI=1S/C41H60N6O10/c1-27(2)35(43-39(51)54-6)37(49)42-32(23-29-17-11-8-12-18-29)33(57-34(48)26-46(5)41(53)56-31-21-15-10-16-22-31)25-47(24-30-19-13-9-14-20-30)45-38(50)36(28(3)4)44-40(52)55-7/h8,10-12,15-18,21-22,27-28,30,32-33,35-36H,9,13-14,19-20,23-26H2,1-7H3,(H,42,49)(H,43,51)(H,44,52)(H,45,50). The lowest BCUT2D eigenvalue weighted by atomic mass is 9.89. The maximum absolute atomic E-state index is 14.0. The molecule has 2 aromatic rings. The van der Waals surface area contributed by atoms with Crippen LogP contribution in [0.3, 0.4) is 0 Å². The summed E-state index contributed by atoms with van der Waals surface area (Å²) in [4.78, 5) is 80.2. The van der Waals surface area contributed by atoms with Crippen LogP contribution in [0.25, 0.3) is 0 Å². The molecule has 5 amide bonds. The molecule has 1 aliphatic rings. The quantitative estimate of drug-likeness (QED) is 0.0893. The predicted octanol–water partition coefficient (Wildman–Crippen LogP) is 4.43. The van der Waals surface area contributed by atoms with Crippen molar-refractivity contribution in [2.24, 2.45) is 17.8 Å². The molecule has 2 aromatic carbocycles. The van der Waals surface area contributed by atoms with Crippen LogP contribution in [-0.4, -0.2) is 111 Å². The molecule has 0 bridgehead atoms. The van der Waals surface area contributed by atoms with Gasteiger partial charge in [-0.25, -0.2) is 19.4 Å². The minimum Gasteiger partial charge on any atom is -0.457 e. The molecule has 1 saturated carbocycles. The van der Waals surface area contributed by atoms with E-state index in [9.17, 15) is 28.8 Å². The van der Waals surface area contributed by atoms with Crippen molar-refractivity contribution in [3.05, 3.63) is 66.2 Å². The first-order chi connectivity index (χ1) is 27.2. The highest BCUT2D eigenvalue weighted by Crippen LogP contribution is 2.25. The van der Waals surface area contributed by atoms with Gasteiger partial charge in [0.15, 0.2) is 0 Å². The summed E-state index contributed by atoms with van der Waals surface area (Å²) in [6.45, 7) is 6.90. The molecule has 0 heterocycles. The fourth-order valence-corrected chi connectivity index (χ4v) is 6.53. The molecule has 0 radical (unpaired) electrons. The minimum atomic E-state index is -1.12. The van der Waals surface area contributed by atoms with Gasteiger partial charge in [-0.05, 0) is 54.7 Å². The lowest BCUT2D eigenvalue weighted by Crippen LogP contribution is -2.60. The topological polar surface area (TPSA) is 194 Å². The third-order valence-corrected chi connectivity index (χ3v) is 9.67. The highest BCUT2D eigenvalue weighted by atomic mass is 16.6. The van der Waals surface area contributed by atoms with Gasteiger partial charge in [-0.15, -0.1) is 0 Å². The van der Waals surface area contributed by atoms with Crippen LogP contribution in [0.5, 0.6) is 5.75 Å². The Hall–Kier alpha value is -5.38. The summed E-state index contributed by atoms with van der Waals surface area (Å²) >= 11 is 0. The average molecular weight is 797 g/mol. The molecule has 0 saturated heterocycles. The van der Waals surface area contributed by atoms with Gasteiger partial charge in [0.1, 0.15) is 30.5 Å². The number of carbonyl (C=O) groups is 6. The van der Waals surface area contributed by atoms with Gasteiger partial charge in [-0.2, -0.15) is 0 Å². The minimum absolute atomic E-state index is 0.0935. The number of para-hydroxylation sites is 1. The smallest absolute Gasteiger partial charge is 0.415 e. The number of nitrogens with zero attached hydrogens (tertiary/aromatic N) is 2. The van der Waals surface area contributed by atoms with Crippen LogP contribution in [0.2, 0.25) is 0 Å². The maximum atomic E-state index is 14.0. The van der Waals surface area contributed by atoms with Crippen LogP contribution in [0.1, 0.15) is 65.4 Å². The first kappa shape index (κ1) is 46.0. The Morgan fingerprint density at radius 1 is 0.737 bits per heavy atom. The fraction of sp³-hybridized carbons (Fsp3) is 0.561. The molecule has 57 heavy (non-hydrogen) atoms. The van der Waals surface area contributed by atoms with Crippen molar-refractivity contribution in [2.45, 2.75) is 90.4 Å². The number of amides is 5. The number of hydrogen-bond donors (Lipinski definition) is 4. The van der Waals surface area contributed by atoms with Crippen LogP contribution >= 0.6 is 0 Å². The molecule has 314 valence electrons. The van der Waals surface area contributed by atoms with Crippen molar-refractivity contribution >= 4 is 36.1 Å². The molecule has 0 spiro atoms. The maximum Gasteiger partial charge on any atom is 0.415 e. The predicted molar refractivity (Wildman–Crippen MR) is 212 cm³/mol. The van der Waals surface area contributed by atoms with Gasteiger partial charge in [0.05, 0.1) is 26.8 Å². The Kier molecular flexibility index (Phi) is 19.1. The summed E-state index contributed by atoms with van der Waals surface area (Å²) in [5, 5.41) is 9.88. The van der Waals surface area contributed by atoms with Gasteiger partial charge in [0, 0.05) is 13.6 Å². The van der Waals surface area contributed by atoms with Gasteiger partial charge >= 0.3 is 24.2 Å². The lowest BCUT2D eigenvalue weighted by Gasteiger charge is -2.37. The Balaban J connectivity index is 2.03. The van der Waals surface area contributed by atoms with Crippen LogP contribution < -0.4 is 26.1 Å². The van der Waals surface area contributed by atoms with E-state index in [0.29, 0.717) is 12.3 Å². The van der Waals surface area contributed by atoms with Crippen molar-refractivity contribution in [1.29, 1.82) is 0 Å². The summed E-state index contributed by atoms with van der Waals surface area (Å²) < 4.78 is 21.2. The first-order valence-electron chi connectivity index (χ1n) is 19.5. The van der Waals surface area contributed by atoms with Crippen molar-refractivity contribution < 1.29 is 47.7 Å². The molecular weight excluding hydrogens is 736 g/mol. The van der Waals surface area contributed by atoms with E-state index in [1.54, 1.807) is 63.0 Å². The van der Waals surface area contributed by atoms with Crippen LogP contribution in [-0.2, 0) is 35.0 Å². The number of likely N-dealkylation sites (N-methyl/N-ethyl adjacent to an activating group) is 1. The van der Waals surface area contributed by atoms with E-state index in [4.69, 9.17) is 18.9 Å². The molecule has 16 nitrogen and oxygen atoms in total. The van der Waals surface area contributed by atoms with Crippen molar-refractivity contribution in [3.8, 4) is 5.75 Å². The zero-order chi connectivity index (χ0) is 41.9. The summed E-state index contributed by atoms with van der Waals surface area (Å²) in [6.07, 6.45) is 1.68. The van der Waals surface area contributed by atoms with E-state index >= 15 is 0 Å². The molecule has 1 aliphatic carbocycles. The third kappa shape index (κ3) is 15.9. The number of hydrogen-bond acceptors (Lipinski definition) is 11. The van der Waals surface area contributed by atoms with E-state index in [-0.39, 0.29) is 30.7 Å². The number of alkyl carbamates (subject to hydrolysis) is 2. The molecule has 3 rings (SSSR count). The largest absolute Gasteiger partial charge is 0.457 e. The van der Waals surface area contributed by atoms with Crippen molar-refractivity contribution in [1.82, 2.24) is 31.3 Å². The molecule has 16 heteroatoms. The molecule has 1 fully saturated rings.